The molecule has 4 fully saturated rings. The molecule has 1 aliphatic heterocycles. The molecule has 5 aliphatic rings. The minimum Gasteiger partial charge on any atom is -0.463 e. The fourth-order valence-corrected chi connectivity index (χ4v) is 9.32. The van der Waals surface area contributed by atoms with Crippen LogP contribution in [0.3, 0.4) is 0 Å². The summed E-state index contributed by atoms with van der Waals surface area (Å²) in [5.74, 6) is -2.38. The number of aryl methyl sites for hydroxylation is 1. The van der Waals surface area contributed by atoms with E-state index in [2.05, 4.69) is 12.1 Å². The van der Waals surface area contributed by atoms with Gasteiger partial charge >= 0.3 is 5.97 Å². The zero-order valence-electron chi connectivity index (χ0n) is 24.9. The van der Waals surface area contributed by atoms with E-state index in [1.807, 2.05) is 37.1 Å². The molecule has 0 bridgehead atoms. The van der Waals surface area contributed by atoms with Crippen molar-refractivity contribution >= 4 is 11.8 Å². The minimum absolute atomic E-state index is 0.0243. The third-order valence-corrected chi connectivity index (χ3v) is 11.4. The molecular formula is C34H43F2NO5. The third-order valence-electron chi connectivity index (χ3n) is 11.4. The fourth-order valence-electron chi connectivity index (χ4n) is 9.32. The first kappa shape index (κ1) is 29.6. The molecule has 0 radical (unpaired) electrons. The van der Waals surface area contributed by atoms with Gasteiger partial charge in [-0.2, -0.15) is 5.06 Å². The number of rotatable bonds is 8. The number of carbonyl (C=O) groups excluding carboxylic acids is 2. The van der Waals surface area contributed by atoms with Crippen molar-refractivity contribution in [3.8, 4) is 0 Å². The zero-order valence-corrected chi connectivity index (χ0v) is 24.9. The zero-order chi connectivity index (χ0) is 29.9. The normalized spacial score (nSPS) is 42.4. The van der Waals surface area contributed by atoms with E-state index in [-0.39, 0.29) is 36.7 Å². The highest BCUT2D eigenvalue weighted by Gasteiger charge is 2.80. The summed E-state index contributed by atoms with van der Waals surface area (Å²) in [6.07, 6.45) is 4.51. The van der Waals surface area contributed by atoms with E-state index in [1.165, 1.54) is 23.8 Å². The number of alkyl halides is 2. The van der Waals surface area contributed by atoms with Crippen molar-refractivity contribution in [2.45, 2.75) is 89.3 Å². The summed E-state index contributed by atoms with van der Waals surface area (Å²) in [7, 11) is 0. The molecule has 42 heavy (non-hydrogen) atoms. The number of esters is 1. The van der Waals surface area contributed by atoms with Crippen LogP contribution in [0, 0.1) is 28.6 Å². The lowest BCUT2D eigenvalue weighted by molar-refractivity contribution is -0.275. The molecule has 8 heteroatoms. The minimum atomic E-state index is -2.19. The van der Waals surface area contributed by atoms with Crippen molar-refractivity contribution in [1.29, 1.82) is 0 Å². The van der Waals surface area contributed by atoms with Gasteiger partial charge in [-0.1, -0.05) is 56.7 Å². The number of halogens is 2. The Bertz CT molecular complexity index is 1290. The predicted octanol–water partition coefficient (Wildman–Crippen LogP) is 5.49. The third kappa shape index (κ3) is 4.11. The van der Waals surface area contributed by atoms with Gasteiger partial charge < -0.3 is 9.84 Å². The van der Waals surface area contributed by atoms with Crippen molar-refractivity contribution in [3.05, 3.63) is 59.7 Å². The van der Waals surface area contributed by atoms with Gasteiger partial charge in [-0.25, -0.2) is 13.6 Å². The van der Waals surface area contributed by atoms with Crippen LogP contribution in [0.1, 0.15) is 64.9 Å². The Morgan fingerprint density at radius 3 is 2.67 bits per heavy atom. The van der Waals surface area contributed by atoms with Crippen LogP contribution in [-0.2, 0) is 25.6 Å². The van der Waals surface area contributed by atoms with Gasteiger partial charge in [0.25, 0.3) is 0 Å². The number of fused-ring (bicyclic) bond motifs is 7. The Morgan fingerprint density at radius 1 is 1.17 bits per heavy atom. The van der Waals surface area contributed by atoms with Gasteiger partial charge in [-0.3, -0.25) is 9.63 Å². The van der Waals surface area contributed by atoms with Crippen LogP contribution in [0.5, 0.6) is 0 Å². The maximum Gasteiger partial charge on any atom is 0.341 e. The molecule has 0 aromatic heterocycles. The quantitative estimate of drug-likeness (QED) is 0.322. The summed E-state index contributed by atoms with van der Waals surface area (Å²) in [4.78, 5) is 32.9. The van der Waals surface area contributed by atoms with Crippen molar-refractivity contribution in [2.24, 2.45) is 28.6 Å². The van der Waals surface area contributed by atoms with Crippen molar-refractivity contribution < 1.29 is 33.1 Å². The maximum atomic E-state index is 17.6. The standard InChI is InChI=1S/C34H43F2NO5/c1-4-5-16-41-30(40)34-23(21-37(42-34)15-9-12-22-10-7-6-8-11-22)17-25-26-19-28(35)27-18-24(38)13-14-31(27,2)33(26,36)29(39)20-32(25,34)3/h6-8,10-11,13-14,18,23,25-26,28-29,39H,4-5,9,12,15-17,19-21H2,1-3H3/t23-,25-,26-,28-,29-,31-,32-,33?,34-/m0/s1. The first-order chi connectivity index (χ1) is 20.0. The molecule has 6 nitrogen and oxygen atoms in total. The van der Waals surface area contributed by atoms with Crippen LogP contribution in [0.25, 0.3) is 0 Å². The number of aliphatic hydroxyl groups is 1. The van der Waals surface area contributed by atoms with E-state index in [0.717, 1.165) is 19.3 Å². The average molecular weight is 584 g/mol. The SMILES string of the molecule is CCCCOC(=O)[C@@]12ON(CCCc3ccccc3)C[C@@H]1C[C@H]1[C@@H]3C[C@H](F)C4=CC(=O)C=C[C@]4(C)C3(F)[C@@H](O)C[C@@]12C. The topological polar surface area (TPSA) is 76.1 Å². The molecule has 4 aliphatic carbocycles. The van der Waals surface area contributed by atoms with Crippen LogP contribution < -0.4 is 0 Å². The monoisotopic (exact) mass is 583 g/mol. The first-order valence-corrected chi connectivity index (χ1v) is 15.6. The number of unbranched alkanes of at least 4 members (excludes halogenated alkanes) is 1. The molecule has 228 valence electrons. The van der Waals surface area contributed by atoms with Crippen LogP contribution in [0.15, 0.2) is 54.1 Å². The Morgan fingerprint density at radius 2 is 1.93 bits per heavy atom. The lowest BCUT2D eigenvalue weighted by Crippen LogP contribution is -2.70. The maximum absolute atomic E-state index is 17.6. The van der Waals surface area contributed by atoms with Crippen molar-refractivity contribution in [1.82, 2.24) is 5.06 Å². The summed E-state index contributed by atoms with van der Waals surface area (Å²) >= 11 is 0. The number of hydroxylamine groups is 2. The first-order valence-electron chi connectivity index (χ1n) is 15.6. The van der Waals surface area contributed by atoms with Crippen molar-refractivity contribution in [3.63, 3.8) is 0 Å². The van der Waals surface area contributed by atoms with Gasteiger partial charge in [0.2, 0.25) is 0 Å². The summed E-state index contributed by atoms with van der Waals surface area (Å²) < 4.78 is 39.3. The van der Waals surface area contributed by atoms with E-state index in [1.54, 1.807) is 6.92 Å². The second kappa shape index (κ2) is 10.6. The molecule has 6 rings (SSSR count). The van der Waals surface area contributed by atoms with Gasteiger partial charge in [0.05, 0.1) is 12.7 Å². The molecule has 1 aromatic carbocycles. The molecule has 1 unspecified atom stereocenters. The van der Waals surface area contributed by atoms with Crippen LogP contribution >= 0.6 is 0 Å². The Labute approximate surface area is 247 Å². The number of ketones is 1. The molecule has 1 N–H and O–H groups in total. The number of nitrogens with zero attached hydrogens (tertiary/aromatic N) is 1. The van der Waals surface area contributed by atoms with E-state index in [9.17, 15) is 14.7 Å². The van der Waals surface area contributed by atoms with E-state index in [4.69, 9.17) is 9.57 Å². The molecule has 1 heterocycles. The largest absolute Gasteiger partial charge is 0.463 e. The van der Waals surface area contributed by atoms with Gasteiger partial charge in [-0.15, -0.1) is 0 Å². The lowest BCUT2D eigenvalue weighted by atomic mass is 9.44. The van der Waals surface area contributed by atoms with E-state index < -0.39 is 52.2 Å². The molecule has 3 saturated carbocycles. The summed E-state index contributed by atoms with van der Waals surface area (Å²) in [5, 5.41) is 13.6. The molecule has 1 aromatic rings. The Kier molecular flexibility index (Phi) is 7.51. The average Bonchev–Trinajstić information content (AvgIpc) is 3.44. The molecule has 0 spiro atoms. The van der Waals surface area contributed by atoms with Gasteiger partial charge in [0, 0.05) is 35.8 Å². The Balaban J connectivity index is 1.32. The number of benzene rings is 1. The predicted molar refractivity (Wildman–Crippen MR) is 154 cm³/mol. The van der Waals surface area contributed by atoms with Crippen LogP contribution in [0.4, 0.5) is 8.78 Å². The number of aliphatic hydroxyl groups excluding tert-OH is 1. The van der Waals surface area contributed by atoms with E-state index >= 15 is 8.78 Å². The number of hydrogen-bond acceptors (Lipinski definition) is 6. The van der Waals surface area contributed by atoms with Crippen LogP contribution in [-0.4, -0.2) is 65.2 Å². The Hall–Kier alpha value is -2.42. The fraction of sp³-hybridized carbons (Fsp3) is 0.647. The number of ether oxygens (including phenoxy) is 1. The molecular weight excluding hydrogens is 540 g/mol. The highest BCUT2D eigenvalue weighted by atomic mass is 19.1. The highest BCUT2D eigenvalue weighted by molar-refractivity contribution is 6.01. The van der Waals surface area contributed by atoms with Gasteiger partial charge in [-0.05, 0) is 74.7 Å². The van der Waals surface area contributed by atoms with Crippen LogP contribution in [0.2, 0.25) is 0 Å². The molecule has 1 saturated heterocycles. The molecule has 9 atom stereocenters. The van der Waals surface area contributed by atoms with Crippen molar-refractivity contribution in [2.75, 3.05) is 19.7 Å². The van der Waals surface area contributed by atoms with Gasteiger partial charge in [0.1, 0.15) is 6.17 Å². The van der Waals surface area contributed by atoms with Gasteiger partial charge in [0.15, 0.2) is 17.1 Å². The lowest BCUT2D eigenvalue weighted by Gasteiger charge is -2.63. The number of hydrogen-bond donors (Lipinski definition) is 1. The molecule has 0 amide bonds. The number of allylic oxidation sites excluding steroid dienone is 4. The number of carbonyl (C=O) groups is 2. The summed E-state index contributed by atoms with van der Waals surface area (Å²) in [6, 6.07) is 10.2. The smallest absolute Gasteiger partial charge is 0.341 e. The summed E-state index contributed by atoms with van der Waals surface area (Å²) in [6.45, 7) is 6.90. The summed E-state index contributed by atoms with van der Waals surface area (Å²) in [5.41, 5.74) is -4.68. The second-order valence-electron chi connectivity index (χ2n) is 13.6. The second-order valence-corrected chi connectivity index (χ2v) is 13.6. The highest BCUT2D eigenvalue weighted by Crippen LogP contribution is 2.72. The van der Waals surface area contributed by atoms with E-state index in [0.29, 0.717) is 25.9 Å².